The molecule has 0 aromatic heterocycles. The highest BCUT2D eigenvalue weighted by atomic mass is 16.4. The predicted octanol–water partition coefficient (Wildman–Crippen LogP) is 1.83. The van der Waals surface area contributed by atoms with Crippen molar-refractivity contribution in [3.63, 3.8) is 0 Å². The average molecular weight is 199 g/mol. The van der Waals surface area contributed by atoms with E-state index in [1.54, 1.807) is 0 Å². The highest BCUT2D eigenvalue weighted by Crippen LogP contribution is 2.24. The molecule has 1 saturated heterocycles. The summed E-state index contributed by atoms with van der Waals surface area (Å²) in [5.74, 6) is -0.143. The van der Waals surface area contributed by atoms with Crippen LogP contribution in [0, 0.1) is 11.8 Å². The molecule has 0 aromatic carbocycles. The SMILES string of the molecule is CCC(CC1CCN(CC)C1)C(=O)O. The molecule has 0 spiro atoms. The number of nitrogens with zero attached hydrogens (tertiary/aromatic N) is 1. The highest BCUT2D eigenvalue weighted by Gasteiger charge is 2.26. The lowest BCUT2D eigenvalue weighted by Crippen LogP contribution is -2.22. The van der Waals surface area contributed by atoms with Gasteiger partial charge in [-0.2, -0.15) is 0 Å². The summed E-state index contributed by atoms with van der Waals surface area (Å²) in [6, 6.07) is 0. The maximum absolute atomic E-state index is 10.9. The predicted molar refractivity (Wildman–Crippen MR) is 56.3 cm³/mol. The molecule has 1 N–H and O–H groups in total. The Bertz CT molecular complexity index is 194. The van der Waals surface area contributed by atoms with Crippen LogP contribution >= 0.6 is 0 Å². The standard InChI is InChI=1S/C11H21NO2/c1-3-10(11(13)14)7-9-5-6-12(4-2)8-9/h9-10H,3-8H2,1-2H3,(H,13,14). The van der Waals surface area contributed by atoms with E-state index in [0.717, 1.165) is 32.5 Å². The maximum atomic E-state index is 10.9. The second-order valence-electron chi connectivity index (χ2n) is 4.23. The number of carbonyl (C=O) groups is 1. The first-order valence-electron chi connectivity index (χ1n) is 5.62. The third kappa shape index (κ3) is 2.98. The van der Waals surface area contributed by atoms with Crippen LogP contribution in [0.2, 0.25) is 0 Å². The van der Waals surface area contributed by atoms with Crippen LogP contribution in [-0.4, -0.2) is 35.6 Å². The molecule has 0 aromatic rings. The van der Waals surface area contributed by atoms with Gasteiger partial charge in [0, 0.05) is 6.54 Å². The Morgan fingerprint density at radius 2 is 2.29 bits per heavy atom. The lowest BCUT2D eigenvalue weighted by Gasteiger charge is -2.16. The molecule has 2 atom stereocenters. The van der Waals surface area contributed by atoms with E-state index in [2.05, 4.69) is 11.8 Å². The largest absolute Gasteiger partial charge is 0.481 e. The minimum atomic E-state index is -0.623. The molecular formula is C11H21NO2. The minimum absolute atomic E-state index is 0.128. The van der Waals surface area contributed by atoms with Crippen molar-refractivity contribution in [3.8, 4) is 0 Å². The number of carboxylic acid groups (broad SMARTS) is 1. The van der Waals surface area contributed by atoms with Crippen molar-refractivity contribution in [3.05, 3.63) is 0 Å². The Morgan fingerprint density at radius 3 is 2.71 bits per heavy atom. The summed E-state index contributed by atoms with van der Waals surface area (Å²) >= 11 is 0. The first-order chi connectivity index (χ1) is 6.67. The topological polar surface area (TPSA) is 40.5 Å². The van der Waals surface area contributed by atoms with Crippen molar-refractivity contribution < 1.29 is 9.90 Å². The number of aliphatic carboxylic acids is 1. The lowest BCUT2D eigenvalue weighted by atomic mass is 9.92. The van der Waals surface area contributed by atoms with Crippen LogP contribution in [0.15, 0.2) is 0 Å². The number of likely N-dealkylation sites (tertiary alicyclic amines) is 1. The van der Waals surface area contributed by atoms with E-state index < -0.39 is 5.97 Å². The van der Waals surface area contributed by atoms with Crippen molar-refractivity contribution in [2.75, 3.05) is 19.6 Å². The van der Waals surface area contributed by atoms with Gasteiger partial charge in [0.25, 0.3) is 0 Å². The Morgan fingerprint density at radius 1 is 1.57 bits per heavy atom. The van der Waals surface area contributed by atoms with Gasteiger partial charge < -0.3 is 10.0 Å². The molecule has 0 aliphatic carbocycles. The van der Waals surface area contributed by atoms with E-state index in [1.807, 2.05) is 6.92 Å². The molecule has 14 heavy (non-hydrogen) atoms. The minimum Gasteiger partial charge on any atom is -0.481 e. The molecule has 82 valence electrons. The molecule has 3 heteroatoms. The Kier molecular flexibility index (Phi) is 4.39. The molecule has 0 bridgehead atoms. The third-order valence-electron chi connectivity index (χ3n) is 3.28. The molecule has 3 nitrogen and oxygen atoms in total. The highest BCUT2D eigenvalue weighted by molar-refractivity contribution is 5.69. The van der Waals surface area contributed by atoms with Gasteiger partial charge in [0.1, 0.15) is 0 Å². The van der Waals surface area contributed by atoms with Crippen LogP contribution in [0.4, 0.5) is 0 Å². The number of hydrogen-bond acceptors (Lipinski definition) is 2. The zero-order valence-electron chi connectivity index (χ0n) is 9.20. The van der Waals surface area contributed by atoms with Crippen molar-refractivity contribution in [1.29, 1.82) is 0 Å². The van der Waals surface area contributed by atoms with Crippen molar-refractivity contribution in [2.45, 2.75) is 33.1 Å². The molecule has 1 rings (SSSR count). The van der Waals surface area contributed by atoms with Crippen LogP contribution in [0.3, 0.4) is 0 Å². The average Bonchev–Trinajstić information content (AvgIpc) is 2.61. The molecule has 0 amide bonds. The van der Waals surface area contributed by atoms with E-state index in [9.17, 15) is 4.79 Å². The first-order valence-corrected chi connectivity index (χ1v) is 5.62. The Labute approximate surface area is 86.1 Å². The van der Waals surface area contributed by atoms with Gasteiger partial charge >= 0.3 is 5.97 Å². The maximum Gasteiger partial charge on any atom is 0.306 e. The summed E-state index contributed by atoms with van der Waals surface area (Å²) in [6.07, 6.45) is 2.80. The number of rotatable bonds is 5. The number of carboxylic acids is 1. The smallest absolute Gasteiger partial charge is 0.306 e. The molecule has 0 radical (unpaired) electrons. The van der Waals surface area contributed by atoms with Crippen LogP contribution in [0.5, 0.6) is 0 Å². The van der Waals surface area contributed by atoms with Gasteiger partial charge in [-0.3, -0.25) is 4.79 Å². The van der Waals surface area contributed by atoms with E-state index in [4.69, 9.17) is 5.11 Å². The van der Waals surface area contributed by atoms with E-state index in [-0.39, 0.29) is 5.92 Å². The molecule has 2 unspecified atom stereocenters. The normalized spacial score (nSPS) is 25.1. The van der Waals surface area contributed by atoms with Gasteiger partial charge in [-0.1, -0.05) is 13.8 Å². The van der Waals surface area contributed by atoms with Crippen LogP contribution < -0.4 is 0 Å². The molecule has 1 fully saturated rings. The van der Waals surface area contributed by atoms with Crippen LogP contribution in [0.1, 0.15) is 33.1 Å². The van der Waals surface area contributed by atoms with Crippen molar-refractivity contribution in [2.24, 2.45) is 11.8 Å². The summed E-state index contributed by atoms with van der Waals surface area (Å²) in [5, 5.41) is 8.94. The first kappa shape index (κ1) is 11.5. The fraction of sp³-hybridized carbons (Fsp3) is 0.909. The monoisotopic (exact) mass is 199 g/mol. The van der Waals surface area contributed by atoms with Crippen LogP contribution in [-0.2, 0) is 4.79 Å². The molecule has 1 aliphatic heterocycles. The third-order valence-corrected chi connectivity index (χ3v) is 3.28. The van der Waals surface area contributed by atoms with E-state index in [0.29, 0.717) is 5.92 Å². The van der Waals surface area contributed by atoms with Crippen LogP contribution in [0.25, 0.3) is 0 Å². The van der Waals surface area contributed by atoms with Crippen molar-refractivity contribution >= 4 is 5.97 Å². The van der Waals surface area contributed by atoms with Gasteiger partial charge in [0.15, 0.2) is 0 Å². The lowest BCUT2D eigenvalue weighted by molar-refractivity contribution is -0.142. The second kappa shape index (κ2) is 5.35. The zero-order chi connectivity index (χ0) is 10.6. The van der Waals surface area contributed by atoms with E-state index >= 15 is 0 Å². The fourth-order valence-electron chi connectivity index (χ4n) is 2.24. The molecule has 1 heterocycles. The zero-order valence-corrected chi connectivity index (χ0v) is 9.20. The molecule has 1 aliphatic rings. The van der Waals surface area contributed by atoms with Gasteiger partial charge in [-0.05, 0) is 38.3 Å². The summed E-state index contributed by atoms with van der Waals surface area (Å²) in [6.45, 7) is 7.47. The molecular weight excluding hydrogens is 178 g/mol. The summed E-state index contributed by atoms with van der Waals surface area (Å²) in [4.78, 5) is 13.3. The molecule has 0 saturated carbocycles. The fourth-order valence-corrected chi connectivity index (χ4v) is 2.24. The summed E-state index contributed by atoms with van der Waals surface area (Å²) in [5.41, 5.74) is 0. The van der Waals surface area contributed by atoms with Gasteiger partial charge in [-0.15, -0.1) is 0 Å². The Balaban J connectivity index is 2.33. The number of hydrogen-bond donors (Lipinski definition) is 1. The van der Waals surface area contributed by atoms with Crippen molar-refractivity contribution in [1.82, 2.24) is 4.90 Å². The van der Waals surface area contributed by atoms with Gasteiger partial charge in [-0.25, -0.2) is 0 Å². The summed E-state index contributed by atoms with van der Waals surface area (Å²) < 4.78 is 0. The van der Waals surface area contributed by atoms with Gasteiger partial charge in [0.2, 0.25) is 0 Å². The summed E-state index contributed by atoms with van der Waals surface area (Å²) in [7, 11) is 0. The van der Waals surface area contributed by atoms with E-state index in [1.165, 1.54) is 6.42 Å². The Hall–Kier alpha value is -0.570. The quantitative estimate of drug-likeness (QED) is 0.734. The van der Waals surface area contributed by atoms with Gasteiger partial charge in [0.05, 0.1) is 5.92 Å². The second-order valence-corrected chi connectivity index (χ2v) is 4.23.